The Morgan fingerprint density at radius 1 is 0.984 bits per heavy atom. The SMILES string of the molecule is CC(=O)O[C@@]12CO[C@@H]1C[C@H](O)[C@@]1(C)C(=O)[C@H](OC(=O)C3CC3)C3=C(C)[C@@H](OC(=O)[C@H](O)[C@@H](NC(=O)OCC(C)C)c4ccco4)C[C@@](O)(C(OC(=O)c4ccccc4)C12)C3(C)C. The summed E-state index contributed by atoms with van der Waals surface area (Å²) in [5, 5.41) is 39.9. The van der Waals surface area contributed by atoms with Crippen molar-refractivity contribution in [3.05, 3.63) is 71.2 Å². The van der Waals surface area contributed by atoms with Crippen LogP contribution in [0.4, 0.5) is 4.79 Å². The standard InChI is InChI=1S/C45H55NO16/c1-22(2)20-57-41(54)46-32(27-14-11-17-56-27)33(49)40(53)59-28-19-45(55)37(61-39(52)25-12-9-8-10-13-25)35-43(7,29(48)18-30-44(35,21-58-30)62-24(4)47)36(50)34(60-38(51)26-15-16-26)31(23(28)3)42(45,5)6/h8-14,17,22,26,28-30,32-35,37,48-49,55H,15-16,18-21H2,1-7H3,(H,46,54)/t28-,29-,30+,32-,33+,34+,35?,37?,43+,44-,45+/m0/s1. The number of furan rings is 1. The number of aliphatic hydroxyl groups excluding tert-OH is 2. The quantitative estimate of drug-likeness (QED) is 0.135. The van der Waals surface area contributed by atoms with Crippen LogP contribution < -0.4 is 5.32 Å². The van der Waals surface area contributed by atoms with Gasteiger partial charge in [-0.05, 0) is 68.0 Å². The smallest absolute Gasteiger partial charge is 0.407 e. The first-order chi connectivity index (χ1) is 29.2. The van der Waals surface area contributed by atoms with Crippen molar-refractivity contribution >= 4 is 35.8 Å². The van der Waals surface area contributed by atoms with E-state index < -0.39 is 119 Å². The van der Waals surface area contributed by atoms with E-state index >= 15 is 4.79 Å². The largest absolute Gasteiger partial charge is 0.467 e. The first-order valence-corrected chi connectivity index (χ1v) is 21.0. The Morgan fingerprint density at radius 3 is 2.26 bits per heavy atom. The molecule has 0 radical (unpaired) electrons. The molecule has 2 aromatic rings. The van der Waals surface area contributed by atoms with Crippen LogP contribution >= 0.6 is 0 Å². The predicted molar refractivity (Wildman–Crippen MR) is 212 cm³/mol. The van der Waals surface area contributed by atoms with Gasteiger partial charge in [0.15, 0.2) is 23.6 Å². The molecule has 2 unspecified atom stereocenters. The molecule has 4 N–H and O–H groups in total. The second kappa shape index (κ2) is 16.5. The van der Waals surface area contributed by atoms with Gasteiger partial charge in [0.2, 0.25) is 0 Å². The average molecular weight is 866 g/mol. The number of aliphatic hydroxyl groups is 3. The van der Waals surface area contributed by atoms with Gasteiger partial charge in [-0.15, -0.1) is 0 Å². The molecule has 1 aromatic carbocycles. The minimum atomic E-state index is -2.40. The second-order valence-electron chi connectivity index (χ2n) is 18.4. The third-order valence-corrected chi connectivity index (χ3v) is 13.5. The number of hydrogen-bond donors (Lipinski definition) is 4. The third-order valence-electron chi connectivity index (χ3n) is 13.5. The topological polar surface area (TPSA) is 244 Å². The fourth-order valence-electron chi connectivity index (χ4n) is 9.91. The maximum Gasteiger partial charge on any atom is 0.407 e. The fraction of sp³-hybridized carbons (Fsp3) is 0.600. The number of ether oxygens (including phenoxy) is 6. The third kappa shape index (κ3) is 7.60. The van der Waals surface area contributed by atoms with Gasteiger partial charge >= 0.3 is 30.0 Å². The van der Waals surface area contributed by atoms with E-state index in [1.807, 2.05) is 13.8 Å². The minimum Gasteiger partial charge on any atom is -0.467 e. The second-order valence-corrected chi connectivity index (χ2v) is 18.4. The summed E-state index contributed by atoms with van der Waals surface area (Å²) in [7, 11) is 0. The summed E-state index contributed by atoms with van der Waals surface area (Å²) in [5.74, 6) is -6.67. The molecule has 2 heterocycles. The summed E-state index contributed by atoms with van der Waals surface area (Å²) in [6.07, 6.45) is -9.30. The number of ketones is 1. The van der Waals surface area contributed by atoms with E-state index in [9.17, 15) is 39.3 Å². The maximum atomic E-state index is 15.7. The average Bonchev–Trinajstić information content (AvgIpc) is 3.94. The van der Waals surface area contributed by atoms with Crippen LogP contribution in [0.3, 0.4) is 0 Å². The number of benzene rings is 1. The number of rotatable bonds is 12. The molecule has 1 aromatic heterocycles. The van der Waals surface area contributed by atoms with Crippen LogP contribution in [0.25, 0.3) is 0 Å². The Kier molecular flexibility index (Phi) is 12.0. The Hall–Kier alpha value is -5.10. The van der Waals surface area contributed by atoms with Gasteiger partial charge in [-0.1, -0.05) is 45.9 Å². The van der Waals surface area contributed by atoms with E-state index in [1.54, 1.807) is 32.0 Å². The summed E-state index contributed by atoms with van der Waals surface area (Å²) in [4.78, 5) is 83.7. The van der Waals surface area contributed by atoms with Crippen LogP contribution in [-0.4, -0.2) is 112 Å². The molecule has 1 amide bonds. The van der Waals surface area contributed by atoms with Crippen LogP contribution in [0.15, 0.2) is 64.3 Å². The van der Waals surface area contributed by atoms with Gasteiger partial charge in [0, 0.05) is 25.2 Å². The molecule has 5 aliphatic rings. The van der Waals surface area contributed by atoms with E-state index in [1.165, 1.54) is 44.4 Å². The highest BCUT2D eigenvalue weighted by atomic mass is 16.6. The lowest BCUT2D eigenvalue weighted by atomic mass is 9.44. The lowest BCUT2D eigenvalue weighted by Crippen LogP contribution is -2.82. The number of carbonyl (C=O) groups is 6. The van der Waals surface area contributed by atoms with Crippen LogP contribution in [0.1, 0.15) is 96.3 Å². The van der Waals surface area contributed by atoms with E-state index in [4.69, 9.17) is 32.8 Å². The number of esters is 4. The summed E-state index contributed by atoms with van der Waals surface area (Å²) < 4.78 is 41.2. The molecule has 1 saturated heterocycles. The van der Waals surface area contributed by atoms with Gasteiger partial charge < -0.3 is 53.5 Å². The molecule has 4 fully saturated rings. The zero-order chi connectivity index (χ0) is 45.1. The number of alkyl carbamates (subject to hydrolysis) is 1. The first kappa shape index (κ1) is 44.9. The van der Waals surface area contributed by atoms with E-state index in [0.29, 0.717) is 12.8 Å². The van der Waals surface area contributed by atoms with Gasteiger partial charge in [-0.2, -0.15) is 0 Å². The van der Waals surface area contributed by atoms with E-state index in [2.05, 4.69) is 5.32 Å². The summed E-state index contributed by atoms with van der Waals surface area (Å²) in [6, 6.07) is 9.22. The molecular weight excluding hydrogens is 810 g/mol. The predicted octanol–water partition coefficient (Wildman–Crippen LogP) is 3.67. The van der Waals surface area contributed by atoms with Crippen molar-refractivity contribution < 1.29 is 76.9 Å². The molecule has 0 spiro atoms. The van der Waals surface area contributed by atoms with Crippen molar-refractivity contribution in [2.75, 3.05) is 13.2 Å². The lowest BCUT2D eigenvalue weighted by molar-refractivity contribution is -0.346. The monoisotopic (exact) mass is 865 g/mol. The Balaban J connectivity index is 1.39. The number of carbonyl (C=O) groups excluding carboxylic acids is 6. The molecule has 1 aliphatic heterocycles. The van der Waals surface area contributed by atoms with Crippen molar-refractivity contribution in [2.24, 2.45) is 28.6 Å². The van der Waals surface area contributed by atoms with Crippen molar-refractivity contribution in [3.63, 3.8) is 0 Å². The summed E-state index contributed by atoms with van der Waals surface area (Å²) in [5.41, 5.74) is -7.65. The van der Waals surface area contributed by atoms with Crippen molar-refractivity contribution in [1.29, 1.82) is 0 Å². The Morgan fingerprint density at radius 2 is 1.68 bits per heavy atom. The number of Topliss-reactive ketones (excluding diaryl/α,β-unsaturated/α-hetero) is 1. The molecule has 3 saturated carbocycles. The van der Waals surface area contributed by atoms with Crippen molar-refractivity contribution in [3.8, 4) is 0 Å². The van der Waals surface area contributed by atoms with Gasteiger partial charge in [-0.3, -0.25) is 14.4 Å². The molecule has 17 heteroatoms. The first-order valence-electron chi connectivity index (χ1n) is 21.0. The highest BCUT2D eigenvalue weighted by Gasteiger charge is 2.78. The van der Waals surface area contributed by atoms with Crippen molar-refractivity contribution in [1.82, 2.24) is 5.32 Å². The van der Waals surface area contributed by atoms with Gasteiger partial charge in [-0.25, -0.2) is 14.4 Å². The maximum absolute atomic E-state index is 15.7. The fourth-order valence-corrected chi connectivity index (χ4v) is 9.91. The Bertz CT molecular complexity index is 2110. The lowest BCUT2D eigenvalue weighted by Gasteiger charge is -2.67. The highest BCUT2D eigenvalue weighted by molar-refractivity contribution is 5.96. The molecule has 7 rings (SSSR count). The molecule has 62 heavy (non-hydrogen) atoms. The summed E-state index contributed by atoms with van der Waals surface area (Å²) in [6.45, 7) is 10.6. The number of amides is 1. The zero-order valence-electron chi connectivity index (χ0n) is 35.8. The van der Waals surface area contributed by atoms with Crippen LogP contribution in [0.5, 0.6) is 0 Å². The van der Waals surface area contributed by atoms with Gasteiger partial charge in [0.1, 0.15) is 35.7 Å². The Labute approximate surface area is 358 Å². The number of hydrogen-bond acceptors (Lipinski definition) is 16. The van der Waals surface area contributed by atoms with Crippen LogP contribution in [0.2, 0.25) is 0 Å². The molecule has 336 valence electrons. The van der Waals surface area contributed by atoms with Crippen molar-refractivity contribution in [2.45, 2.75) is 128 Å². The summed E-state index contributed by atoms with van der Waals surface area (Å²) >= 11 is 0. The molecule has 17 nitrogen and oxygen atoms in total. The molecule has 2 bridgehead atoms. The number of nitrogens with one attached hydrogen (secondary N) is 1. The van der Waals surface area contributed by atoms with Gasteiger partial charge in [0.25, 0.3) is 0 Å². The van der Waals surface area contributed by atoms with E-state index in [-0.39, 0.29) is 48.0 Å². The highest BCUT2D eigenvalue weighted by Crippen LogP contribution is 2.64. The van der Waals surface area contributed by atoms with Crippen LogP contribution in [0, 0.1) is 28.6 Å². The molecular formula is C45H55NO16. The van der Waals surface area contributed by atoms with E-state index in [0.717, 1.165) is 6.92 Å². The van der Waals surface area contributed by atoms with Crippen LogP contribution in [-0.2, 0) is 47.6 Å². The number of fused-ring (bicyclic) bond motifs is 5. The molecule has 11 atom stereocenters. The van der Waals surface area contributed by atoms with Gasteiger partial charge in [0.05, 0.1) is 48.4 Å². The normalized spacial score (nSPS) is 33.2. The molecule has 4 aliphatic carbocycles. The minimum absolute atomic E-state index is 0.0108. The zero-order valence-corrected chi connectivity index (χ0v) is 35.8.